The van der Waals surface area contributed by atoms with Crippen LogP contribution in [0.3, 0.4) is 0 Å². The number of aromatic carboxylic acids is 1. The molecule has 0 fully saturated rings. The average molecular weight is 336 g/mol. The maximum atomic E-state index is 13.5. The predicted octanol–water partition coefficient (Wildman–Crippen LogP) is 3.95. The summed E-state index contributed by atoms with van der Waals surface area (Å²) < 4.78 is 19.4. The first-order chi connectivity index (χ1) is 9.51. The van der Waals surface area contributed by atoms with E-state index in [0.717, 1.165) is 12.1 Å². The zero-order chi connectivity index (χ0) is 14.7. The van der Waals surface area contributed by atoms with Gasteiger partial charge in [-0.1, -0.05) is 0 Å². The highest BCUT2D eigenvalue weighted by Gasteiger charge is 2.11. The Hall–Kier alpha value is -2.39. The summed E-state index contributed by atoms with van der Waals surface area (Å²) in [5.74, 6) is -1.64. The van der Waals surface area contributed by atoms with Crippen LogP contribution in [0.2, 0.25) is 0 Å². The number of nitrogens with zero attached hydrogens (tertiary/aromatic N) is 1. The molecule has 0 heterocycles. The average Bonchev–Trinajstić information content (AvgIpc) is 2.38. The molecule has 0 aromatic heterocycles. The topological polar surface area (TPSA) is 70.3 Å². The van der Waals surface area contributed by atoms with E-state index in [0.29, 0.717) is 15.8 Å². The molecular weight excluding hydrogens is 329 g/mol. The molecule has 4 nitrogen and oxygen atoms in total. The molecule has 0 aliphatic rings. The van der Waals surface area contributed by atoms with Gasteiger partial charge >= 0.3 is 5.97 Å². The van der Waals surface area contributed by atoms with Crippen molar-refractivity contribution in [2.24, 2.45) is 0 Å². The quantitative estimate of drug-likeness (QED) is 0.921. The Bertz CT molecular complexity index is 725. The van der Waals surface area contributed by atoms with Crippen LogP contribution in [-0.4, -0.2) is 11.1 Å². The van der Waals surface area contributed by atoms with Gasteiger partial charge in [-0.15, -0.1) is 0 Å². The SMILES string of the molecule is N#Cc1ccc(Oc2ccc(C(=O)O)c(F)c2)cc1Br. The highest BCUT2D eigenvalue weighted by Crippen LogP contribution is 2.27. The minimum atomic E-state index is -1.34. The summed E-state index contributed by atoms with van der Waals surface area (Å²) in [6.07, 6.45) is 0. The number of carboxylic acid groups (broad SMARTS) is 1. The van der Waals surface area contributed by atoms with Crippen LogP contribution in [0, 0.1) is 17.1 Å². The Morgan fingerprint density at radius 1 is 1.25 bits per heavy atom. The Kier molecular flexibility index (Phi) is 4.01. The van der Waals surface area contributed by atoms with Crippen LogP contribution in [0.1, 0.15) is 15.9 Å². The highest BCUT2D eigenvalue weighted by atomic mass is 79.9. The second-order valence-electron chi connectivity index (χ2n) is 3.80. The molecule has 0 atom stereocenters. The lowest BCUT2D eigenvalue weighted by atomic mass is 10.2. The maximum absolute atomic E-state index is 13.5. The third-order valence-electron chi connectivity index (χ3n) is 2.47. The smallest absolute Gasteiger partial charge is 0.338 e. The monoisotopic (exact) mass is 335 g/mol. The largest absolute Gasteiger partial charge is 0.478 e. The van der Waals surface area contributed by atoms with Gasteiger partial charge in [-0.25, -0.2) is 9.18 Å². The molecule has 2 aromatic carbocycles. The number of benzene rings is 2. The summed E-state index contributed by atoms with van der Waals surface area (Å²) in [7, 11) is 0. The summed E-state index contributed by atoms with van der Waals surface area (Å²) in [6, 6.07) is 10.2. The molecule has 100 valence electrons. The molecule has 6 heteroatoms. The highest BCUT2D eigenvalue weighted by molar-refractivity contribution is 9.10. The van der Waals surface area contributed by atoms with E-state index in [9.17, 15) is 9.18 Å². The number of hydrogen-bond acceptors (Lipinski definition) is 3. The van der Waals surface area contributed by atoms with Crippen molar-refractivity contribution < 1.29 is 19.0 Å². The molecule has 0 radical (unpaired) electrons. The third-order valence-corrected chi connectivity index (χ3v) is 3.12. The van der Waals surface area contributed by atoms with Gasteiger partial charge in [0.05, 0.1) is 11.1 Å². The lowest BCUT2D eigenvalue weighted by Gasteiger charge is -2.07. The van der Waals surface area contributed by atoms with Crippen LogP contribution in [0.25, 0.3) is 0 Å². The molecule has 0 aliphatic heterocycles. The van der Waals surface area contributed by atoms with E-state index in [1.54, 1.807) is 18.2 Å². The molecule has 0 bridgehead atoms. The van der Waals surface area contributed by atoms with Gasteiger partial charge in [0.25, 0.3) is 0 Å². The summed E-state index contributed by atoms with van der Waals surface area (Å²) in [4.78, 5) is 10.7. The van der Waals surface area contributed by atoms with Gasteiger partial charge in [0.15, 0.2) is 0 Å². The minimum Gasteiger partial charge on any atom is -0.478 e. The van der Waals surface area contributed by atoms with Crippen molar-refractivity contribution >= 4 is 21.9 Å². The standard InChI is InChI=1S/C14H7BrFNO3/c15-12-5-9(2-1-8(12)7-17)20-10-3-4-11(14(18)19)13(16)6-10/h1-6H,(H,18,19). The Morgan fingerprint density at radius 2 is 1.90 bits per heavy atom. The Labute approximate surface area is 122 Å². The van der Waals surface area contributed by atoms with Crippen LogP contribution in [-0.2, 0) is 0 Å². The first-order valence-electron chi connectivity index (χ1n) is 5.41. The zero-order valence-corrected chi connectivity index (χ0v) is 11.5. The number of carboxylic acids is 1. The van der Waals surface area contributed by atoms with Gasteiger partial charge < -0.3 is 9.84 Å². The van der Waals surface area contributed by atoms with E-state index in [-0.39, 0.29) is 5.75 Å². The Balaban J connectivity index is 2.27. The van der Waals surface area contributed by atoms with Crippen LogP contribution >= 0.6 is 15.9 Å². The van der Waals surface area contributed by atoms with Gasteiger partial charge in [-0.2, -0.15) is 5.26 Å². The third kappa shape index (κ3) is 2.95. The first kappa shape index (κ1) is 14.0. The molecule has 0 aliphatic carbocycles. The van der Waals surface area contributed by atoms with E-state index in [2.05, 4.69) is 15.9 Å². The molecule has 0 saturated heterocycles. The van der Waals surface area contributed by atoms with Crippen LogP contribution in [0.15, 0.2) is 40.9 Å². The molecule has 2 rings (SSSR count). The molecular formula is C14H7BrFNO3. The predicted molar refractivity (Wildman–Crippen MR) is 72.3 cm³/mol. The molecule has 0 amide bonds. The number of ether oxygens (including phenoxy) is 1. The number of halogens is 2. The normalized spacial score (nSPS) is 9.85. The summed E-state index contributed by atoms with van der Waals surface area (Å²) in [5.41, 5.74) is 0.0307. The number of carbonyl (C=O) groups is 1. The van der Waals surface area contributed by atoms with Crippen molar-refractivity contribution in [3.8, 4) is 17.6 Å². The van der Waals surface area contributed by atoms with Crippen molar-refractivity contribution in [1.29, 1.82) is 5.26 Å². The van der Waals surface area contributed by atoms with Crippen molar-refractivity contribution in [2.75, 3.05) is 0 Å². The Morgan fingerprint density at radius 3 is 2.45 bits per heavy atom. The van der Waals surface area contributed by atoms with E-state index in [4.69, 9.17) is 15.1 Å². The molecule has 0 saturated carbocycles. The second-order valence-corrected chi connectivity index (χ2v) is 4.66. The molecule has 2 aromatic rings. The fraction of sp³-hybridized carbons (Fsp3) is 0. The van der Waals surface area contributed by atoms with E-state index >= 15 is 0 Å². The molecule has 20 heavy (non-hydrogen) atoms. The molecule has 0 unspecified atom stereocenters. The van der Waals surface area contributed by atoms with Crippen molar-refractivity contribution in [3.05, 3.63) is 57.8 Å². The van der Waals surface area contributed by atoms with Gasteiger partial charge in [0, 0.05) is 10.5 Å². The fourth-order valence-electron chi connectivity index (χ4n) is 1.52. The van der Waals surface area contributed by atoms with Gasteiger partial charge in [-0.3, -0.25) is 0 Å². The van der Waals surface area contributed by atoms with Crippen molar-refractivity contribution in [2.45, 2.75) is 0 Å². The second kappa shape index (κ2) is 5.72. The number of hydrogen-bond donors (Lipinski definition) is 1. The summed E-state index contributed by atoms with van der Waals surface area (Å²) in [6.45, 7) is 0. The van der Waals surface area contributed by atoms with E-state index in [1.807, 2.05) is 6.07 Å². The lowest BCUT2D eigenvalue weighted by molar-refractivity contribution is 0.0692. The van der Waals surface area contributed by atoms with Gasteiger partial charge in [0.2, 0.25) is 0 Å². The van der Waals surface area contributed by atoms with Crippen LogP contribution < -0.4 is 4.74 Å². The van der Waals surface area contributed by atoms with Crippen molar-refractivity contribution in [3.63, 3.8) is 0 Å². The number of rotatable bonds is 3. The van der Waals surface area contributed by atoms with E-state index in [1.165, 1.54) is 6.07 Å². The van der Waals surface area contributed by atoms with Gasteiger partial charge in [-0.05, 0) is 46.3 Å². The number of nitriles is 1. The summed E-state index contributed by atoms with van der Waals surface area (Å²) in [5, 5.41) is 17.5. The lowest BCUT2D eigenvalue weighted by Crippen LogP contribution is -2.00. The molecule has 0 spiro atoms. The minimum absolute atomic E-state index is 0.170. The maximum Gasteiger partial charge on any atom is 0.338 e. The van der Waals surface area contributed by atoms with Crippen LogP contribution in [0.4, 0.5) is 4.39 Å². The molecule has 1 N–H and O–H groups in total. The first-order valence-corrected chi connectivity index (χ1v) is 6.21. The van der Waals surface area contributed by atoms with E-state index < -0.39 is 17.3 Å². The fourth-order valence-corrected chi connectivity index (χ4v) is 1.97. The zero-order valence-electron chi connectivity index (χ0n) is 9.93. The van der Waals surface area contributed by atoms with Crippen molar-refractivity contribution in [1.82, 2.24) is 0 Å². The summed E-state index contributed by atoms with van der Waals surface area (Å²) >= 11 is 3.21. The van der Waals surface area contributed by atoms with Crippen LogP contribution in [0.5, 0.6) is 11.5 Å². The van der Waals surface area contributed by atoms with Gasteiger partial charge in [0.1, 0.15) is 23.4 Å².